The van der Waals surface area contributed by atoms with Gasteiger partial charge < -0.3 is 10.6 Å². The van der Waals surface area contributed by atoms with E-state index >= 15 is 0 Å². The van der Waals surface area contributed by atoms with E-state index in [-0.39, 0.29) is 12.4 Å². The largest absolute Gasteiger partial charge is 0.398 e. The monoisotopic (exact) mass is 235 g/mol. The number of anilines is 2. The van der Waals surface area contributed by atoms with Crippen LogP contribution >= 0.6 is 12.4 Å². The Hall–Kier alpha value is -1.48. The highest BCUT2D eigenvalue weighted by Gasteiger charge is 2.21. The number of pyridine rings is 1. The van der Waals surface area contributed by atoms with Gasteiger partial charge in [0.1, 0.15) is 5.82 Å². The lowest BCUT2D eigenvalue weighted by Gasteiger charge is -2.12. The number of rotatable bonds is 0. The highest BCUT2D eigenvalue weighted by atomic mass is 35.5. The lowest BCUT2D eigenvalue weighted by atomic mass is 10.1. The van der Waals surface area contributed by atoms with E-state index in [2.05, 4.69) is 16.9 Å². The highest BCUT2D eigenvalue weighted by Crippen LogP contribution is 2.34. The molecule has 0 unspecified atom stereocenters. The second-order valence-electron chi connectivity index (χ2n) is 4.02. The van der Waals surface area contributed by atoms with Crippen molar-refractivity contribution in [1.29, 1.82) is 0 Å². The third-order valence-corrected chi connectivity index (χ3v) is 3.07. The average Bonchev–Trinajstić information content (AvgIpc) is 2.62. The predicted molar refractivity (Wildman–Crippen MR) is 70.4 cm³/mol. The maximum Gasteiger partial charge on any atom is 0.134 e. The van der Waals surface area contributed by atoms with E-state index in [1.807, 2.05) is 24.3 Å². The van der Waals surface area contributed by atoms with Crippen molar-refractivity contribution >= 4 is 34.8 Å². The number of fused-ring (bicyclic) bond motifs is 2. The molecule has 0 bridgehead atoms. The zero-order valence-corrected chi connectivity index (χ0v) is 9.92. The molecule has 0 radical (unpaired) electrons. The minimum Gasteiger partial charge on any atom is -0.398 e. The quantitative estimate of drug-likeness (QED) is 0.762. The topological polar surface area (TPSA) is 42.2 Å². The number of hydrogen-bond acceptors (Lipinski definition) is 3. The van der Waals surface area contributed by atoms with Gasteiger partial charge in [-0.1, -0.05) is 18.2 Å². The molecule has 1 aliphatic heterocycles. The van der Waals surface area contributed by atoms with Crippen LogP contribution in [-0.4, -0.2) is 18.6 Å². The summed E-state index contributed by atoms with van der Waals surface area (Å²) in [6.45, 7) is 1.02. The summed E-state index contributed by atoms with van der Waals surface area (Å²) < 4.78 is 0. The van der Waals surface area contributed by atoms with Crippen molar-refractivity contribution in [1.82, 2.24) is 4.98 Å². The van der Waals surface area contributed by atoms with E-state index in [1.165, 1.54) is 5.56 Å². The average molecular weight is 236 g/mol. The number of nitrogens with zero attached hydrogens (tertiary/aromatic N) is 2. The number of nitrogen functional groups attached to an aromatic ring is 1. The Morgan fingerprint density at radius 3 is 2.88 bits per heavy atom. The molecule has 0 saturated carbocycles. The fourth-order valence-electron chi connectivity index (χ4n) is 2.21. The van der Waals surface area contributed by atoms with E-state index in [4.69, 9.17) is 5.73 Å². The van der Waals surface area contributed by atoms with Crippen LogP contribution in [0, 0.1) is 0 Å². The van der Waals surface area contributed by atoms with E-state index in [0.29, 0.717) is 0 Å². The summed E-state index contributed by atoms with van der Waals surface area (Å²) in [6.07, 6.45) is 1.01. The van der Waals surface area contributed by atoms with Gasteiger partial charge in [-0.15, -0.1) is 12.4 Å². The molecule has 4 heteroatoms. The fourth-order valence-corrected chi connectivity index (χ4v) is 2.21. The molecular formula is C12H14ClN3. The minimum atomic E-state index is 0. The van der Waals surface area contributed by atoms with Crippen LogP contribution < -0.4 is 10.6 Å². The molecule has 84 valence electrons. The van der Waals surface area contributed by atoms with Gasteiger partial charge in [0.15, 0.2) is 0 Å². The van der Waals surface area contributed by atoms with Crippen LogP contribution in [0.4, 0.5) is 11.5 Å². The molecule has 0 aliphatic carbocycles. The van der Waals surface area contributed by atoms with Gasteiger partial charge in [-0.05, 0) is 12.5 Å². The van der Waals surface area contributed by atoms with Crippen molar-refractivity contribution in [3.05, 3.63) is 29.8 Å². The molecule has 0 spiro atoms. The molecule has 2 aromatic rings. The molecule has 16 heavy (non-hydrogen) atoms. The van der Waals surface area contributed by atoms with Crippen LogP contribution in [0.5, 0.6) is 0 Å². The van der Waals surface area contributed by atoms with Crippen molar-refractivity contribution in [3.8, 4) is 0 Å². The van der Waals surface area contributed by atoms with E-state index in [1.54, 1.807) is 0 Å². The molecule has 0 fully saturated rings. The summed E-state index contributed by atoms with van der Waals surface area (Å²) >= 11 is 0. The number of para-hydroxylation sites is 1. The lowest BCUT2D eigenvalue weighted by molar-refractivity contribution is 0.947. The third kappa shape index (κ3) is 1.39. The SMILES string of the molecule is CN1CCc2c1nc1ccccc1c2N.Cl. The van der Waals surface area contributed by atoms with Crippen molar-refractivity contribution in [2.45, 2.75) is 6.42 Å². The number of hydrogen-bond donors (Lipinski definition) is 1. The van der Waals surface area contributed by atoms with Gasteiger partial charge in [-0.3, -0.25) is 0 Å². The Morgan fingerprint density at radius 1 is 1.31 bits per heavy atom. The van der Waals surface area contributed by atoms with Crippen LogP contribution in [0.3, 0.4) is 0 Å². The van der Waals surface area contributed by atoms with Gasteiger partial charge in [0.05, 0.1) is 5.52 Å². The van der Waals surface area contributed by atoms with Crippen molar-refractivity contribution in [3.63, 3.8) is 0 Å². The van der Waals surface area contributed by atoms with Crippen LogP contribution in [0.15, 0.2) is 24.3 Å². The zero-order chi connectivity index (χ0) is 10.4. The Labute approximate surface area is 101 Å². The van der Waals surface area contributed by atoms with Crippen LogP contribution in [0.2, 0.25) is 0 Å². The molecule has 1 aromatic heterocycles. The van der Waals surface area contributed by atoms with E-state index < -0.39 is 0 Å². The van der Waals surface area contributed by atoms with Gasteiger partial charge in [0, 0.05) is 30.2 Å². The summed E-state index contributed by atoms with van der Waals surface area (Å²) in [5.41, 5.74) is 9.26. The molecular weight excluding hydrogens is 222 g/mol. The van der Waals surface area contributed by atoms with Crippen molar-refractivity contribution in [2.24, 2.45) is 0 Å². The zero-order valence-electron chi connectivity index (χ0n) is 9.10. The van der Waals surface area contributed by atoms with E-state index in [0.717, 1.165) is 35.4 Å². The number of halogens is 1. The summed E-state index contributed by atoms with van der Waals surface area (Å²) in [5, 5.41) is 1.08. The summed E-state index contributed by atoms with van der Waals surface area (Å²) in [6, 6.07) is 8.05. The van der Waals surface area contributed by atoms with Crippen LogP contribution in [-0.2, 0) is 6.42 Å². The maximum absolute atomic E-state index is 6.17. The second kappa shape index (κ2) is 3.83. The molecule has 2 heterocycles. The standard InChI is InChI=1S/C12H13N3.ClH/c1-15-7-6-9-11(13)8-4-2-3-5-10(8)14-12(9)15;/h2-5H,6-7H2,1H3,(H2,13,14);1H. The first-order chi connectivity index (χ1) is 7.27. The molecule has 0 amide bonds. The molecule has 2 N–H and O–H groups in total. The third-order valence-electron chi connectivity index (χ3n) is 3.07. The predicted octanol–water partition coefficient (Wildman–Crippen LogP) is 2.23. The summed E-state index contributed by atoms with van der Waals surface area (Å²) in [7, 11) is 2.06. The minimum absolute atomic E-state index is 0. The molecule has 1 aromatic carbocycles. The van der Waals surface area contributed by atoms with Gasteiger partial charge in [-0.2, -0.15) is 0 Å². The summed E-state index contributed by atoms with van der Waals surface area (Å²) in [4.78, 5) is 6.81. The Balaban J connectivity index is 0.000000963. The highest BCUT2D eigenvalue weighted by molar-refractivity contribution is 5.94. The number of likely N-dealkylation sites (N-methyl/N-ethyl adjacent to an activating group) is 1. The molecule has 0 atom stereocenters. The first-order valence-electron chi connectivity index (χ1n) is 5.15. The lowest BCUT2D eigenvalue weighted by Crippen LogP contribution is -2.13. The Kier molecular flexibility index (Phi) is 2.64. The Bertz CT molecular complexity index is 539. The van der Waals surface area contributed by atoms with Crippen molar-refractivity contribution in [2.75, 3.05) is 24.2 Å². The van der Waals surface area contributed by atoms with E-state index in [9.17, 15) is 0 Å². The van der Waals surface area contributed by atoms with Gasteiger partial charge in [0.25, 0.3) is 0 Å². The van der Waals surface area contributed by atoms with Gasteiger partial charge in [-0.25, -0.2) is 4.98 Å². The molecule has 3 rings (SSSR count). The summed E-state index contributed by atoms with van der Waals surface area (Å²) in [5.74, 6) is 1.05. The van der Waals surface area contributed by atoms with Crippen LogP contribution in [0.1, 0.15) is 5.56 Å². The normalized spacial score (nSPS) is 13.7. The smallest absolute Gasteiger partial charge is 0.134 e. The second-order valence-corrected chi connectivity index (χ2v) is 4.02. The van der Waals surface area contributed by atoms with Gasteiger partial charge >= 0.3 is 0 Å². The molecule has 3 nitrogen and oxygen atoms in total. The first-order valence-corrected chi connectivity index (χ1v) is 5.15. The number of benzene rings is 1. The fraction of sp³-hybridized carbons (Fsp3) is 0.250. The molecule has 0 saturated heterocycles. The Morgan fingerprint density at radius 2 is 2.06 bits per heavy atom. The first kappa shape index (κ1) is 11.0. The maximum atomic E-state index is 6.17. The molecule has 1 aliphatic rings. The number of nitrogens with two attached hydrogens (primary N) is 1. The van der Waals surface area contributed by atoms with Gasteiger partial charge in [0.2, 0.25) is 0 Å². The number of aromatic nitrogens is 1. The van der Waals surface area contributed by atoms with Crippen molar-refractivity contribution < 1.29 is 0 Å². The van der Waals surface area contributed by atoms with Crippen LogP contribution in [0.25, 0.3) is 10.9 Å².